The summed E-state index contributed by atoms with van der Waals surface area (Å²) >= 11 is 0. The summed E-state index contributed by atoms with van der Waals surface area (Å²) < 4.78 is 23.0. The fraction of sp³-hybridized carbons (Fsp3) is 0.950. The predicted molar refractivity (Wildman–Crippen MR) is 98.4 cm³/mol. The van der Waals surface area contributed by atoms with Crippen LogP contribution in [0.15, 0.2) is 0 Å². The minimum Gasteiger partial charge on any atom is -0.463 e. The molecule has 1 rings (SSSR count). The summed E-state index contributed by atoms with van der Waals surface area (Å²) in [6, 6.07) is 0. The third-order valence-electron chi connectivity index (χ3n) is 5.73. The molecule has 1 saturated heterocycles. The SMILES string of the molecule is CCC(C)(CC(C)(C)C)C(=O)OCC1CCC(C)(OC)C(C)(OC)O1. The number of carbonyl (C=O) groups excluding carboxylic acids is 1. The van der Waals surface area contributed by atoms with Gasteiger partial charge in [0.1, 0.15) is 12.2 Å². The summed E-state index contributed by atoms with van der Waals surface area (Å²) in [5.74, 6) is -1.01. The number of hydrogen-bond acceptors (Lipinski definition) is 5. The van der Waals surface area contributed by atoms with Crippen molar-refractivity contribution in [1.29, 1.82) is 0 Å². The lowest BCUT2D eigenvalue weighted by Crippen LogP contribution is -2.60. The number of ether oxygens (including phenoxy) is 4. The summed E-state index contributed by atoms with van der Waals surface area (Å²) in [4.78, 5) is 12.7. The van der Waals surface area contributed by atoms with Crippen molar-refractivity contribution in [3.63, 3.8) is 0 Å². The lowest BCUT2D eigenvalue weighted by atomic mass is 9.73. The number of carbonyl (C=O) groups is 1. The Bertz CT molecular complexity index is 457. The molecule has 1 heterocycles. The summed E-state index contributed by atoms with van der Waals surface area (Å²) in [7, 11) is 3.28. The van der Waals surface area contributed by atoms with Crippen molar-refractivity contribution in [3.8, 4) is 0 Å². The normalized spacial score (nSPS) is 32.9. The second-order valence-electron chi connectivity index (χ2n) is 9.11. The zero-order valence-electron chi connectivity index (χ0n) is 17.7. The van der Waals surface area contributed by atoms with Crippen LogP contribution >= 0.6 is 0 Å². The Morgan fingerprint density at radius 2 is 1.76 bits per heavy atom. The highest BCUT2D eigenvalue weighted by Gasteiger charge is 2.52. The molecule has 0 bridgehead atoms. The molecule has 25 heavy (non-hydrogen) atoms. The average Bonchev–Trinajstić information content (AvgIpc) is 2.53. The minimum absolute atomic E-state index is 0.0695. The third kappa shape index (κ3) is 5.18. The van der Waals surface area contributed by atoms with E-state index in [4.69, 9.17) is 18.9 Å². The van der Waals surface area contributed by atoms with E-state index in [-0.39, 0.29) is 24.1 Å². The van der Waals surface area contributed by atoms with Crippen molar-refractivity contribution in [2.24, 2.45) is 10.8 Å². The summed E-state index contributed by atoms with van der Waals surface area (Å²) in [5, 5.41) is 0. The molecule has 0 spiro atoms. The van der Waals surface area contributed by atoms with Crippen LogP contribution in [0.2, 0.25) is 0 Å². The number of methoxy groups -OCH3 is 2. The molecule has 4 unspecified atom stereocenters. The van der Waals surface area contributed by atoms with Crippen molar-refractivity contribution in [2.45, 2.75) is 91.6 Å². The van der Waals surface area contributed by atoms with E-state index in [0.717, 1.165) is 25.7 Å². The molecule has 0 radical (unpaired) electrons. The van der Waals surface area contributed by atoms with Crippen LogP contribution in [0.4, 0.5) is 0 Å². The van der Waals surface area contributed by atoms with E-state index in [1.165, 1.54) is 0 Å². The Kier molecular flexibility index (Phi) is 7.10. The maximum absolute atomic E-state index is 12.7. The smallest absolute Gasteiger partial charge is 0.311 e. The van der Waals surface area contributed by atoms with Gasteiger partial charge in [0.05, 0.1) is 11.5 Å². The van der Waals surface area contributed by atoms with Crippen molar-refractivity contribution >= 4 is 5.97 Å². The maximum atomic E-state index is 12.7. The van der Waals surface area contributed by atoms with E-state index in [2.05, 4.69) is 20.8 Å². The van der Waals surface area contributed by atoms with Crippen LogP contribution in [-0.4, -0.2) is 44.3 Å². The highest BCUT2D eigenvalue weighted by molar-refractivity contribution is 5.76. The molecular weight excluding hydrogens is 320 g/mol. The zero-order valence-corrected chi connectivity index (χ0v) is 17.7. The van der Waals surface area contributed by atoms with Crippen LogP contribution < -0.4 is 0 Å². The highest BCUT2D eigenvalue weighted by Crippen LogP contribution is 2.41. The van der Waals surface area contributed by atoms with Gasteiger partial charge in [-0.2, -0.15) is 0 Å². The Hall–Kier alpha value is -0.650. The largest absolute Gasteiger partial charge is 0.463 e. The van der Waals surface area contributed by atoms with Gasteiger partial charge in [0.25, 0.3) is 0 Å². The van der Waals surface area contributed by atoms with Crippen LogP contribution in [0.25, 0.3) is 0 Å². The molecule has 4 atom stereocenters. The first kappa shape index (κ1) is 22.4. The van der Waals surface area contributed by atoms with E-state index in [1.54, 1.807) is 14.2 Å². The van der Waals surface area contributed by atoms with Crippen molar-refractivity contribution in [2.75, 3.05) is 20.8 Å². The van der Waals surface area contributed by atoms with E-state index in [0.29, 0.717) is 0 Å². The van der Waals surface area contributed by atoms with Crippen LogP contribution in [0.3, 0.4) is 0 Å². The molecule has 1 fully saturated rings. The molecule has 0 N–H and O–H groups in total. The fourth-order valence-electron chi connectivity index (χ4n) is 3.69. The first-order valence-electron chi connectivity index (χ1n) is 9.30. The summed E-state index contributed by atoms with van der Waals surface area (Å²) in [6.07, 6.45) is 2.90. The fourth-order valence-corrected chi connectivity index (χ4v) is 3.69. The lowest BCUT2D eigenvalue weighted by molar-refractivity contribution is -0.344. The molecular formula is C20H38O5. The van der Waals surface area contributed by atoms with Crippen LogP contribution in [0.5, 0.6) is 0 Å². The highest BCUT2D eigenvalue weighted by atomic mass is 16.7. The van der Waals surface area contributed by atoms with Crippen molar-refractivity contribution in [1.82, 2.24) is 0 Å². The topological polar surface area (TPSA) is 54.0 Å². The van der Waals surface area contributed by atoms with E-state index >= 15 is 0 Å². The minimum atomic E-state index is -0.865. The Morgan fingerprint density at radius 1 is 1.16 bits per heavy atom. The van der Waals surface area contributed by atoms with Crippen molar-refractivity contribution < 1.29 is 23.7 Å². The standard InChI is InChI=1S/C20H38O5/c1-10-18(5,14-17(2,3)4)16(21)24-13-15-11-12-19(6,22-8)20(7,23-9)25-15/h15H,10-14H2,1-9H3. The lowest BCUT2D eigenvalue weighted by Gasteiger charge is -2.49. The van der Waals surface area contributed by atoms with Gasteiger partial charge >= 0.3 is 5.97 Å². The predicted octanol–water partition coefficient (Wildman–Crippen LogP) is 4.33. The van der Waals surface area contributed by atoms with Gasteiger partial charge in [-0.15, -0.1) is 0 Å². The molecule has 148 valence electrons. The molecule has 5 heteroatoms. The zero-order chi connectivity index (χ0) is 19.5. The maximum Gasteiger partial charge on any atom is 0.311 e. The first-order valence-corrected chi connectivity index (χ1v) is 9.30. The Morgan fingerprint density at radius 3 is 2.20 bits per heavy atom. The molecule has 1 aliphatic rings. The van der Waals surface area contributed by atoms with Gasteiger partial charge in [-0.1, -0.05) is 27.7 Å². The summed E-state index contributed by atoms with van der Waals surface area (Å²) in [6.45, 7) is 14.6. The molecule has 0 aromatic rings. The van der Waals surface area contributed by atoms with Gasteiger partial charge in [-0.25, -0.2) is 0 Å². The van der Waals surface area contributed by atoms with Gasteiger partial charge in [0, 0.05) is 14.2 Å². The Balaban J connectivity index is 2.71. The quantitative estimate of drug-likeness (QED) is 0.634. The number of esters is 1. The van der Waals surface area contributed by atoms with Gasteiger partial charge < -0.3 is 18.9 Å². The second-order valence-corrected chi connectivity index (χ2v) is 9.11. The number of rotatable bonds is 7. The molecule has 1 aliphatic heterocycles. The molecule has 0 aromatic heterocycles. The van der Waals surface area contributed by atoms with Gasteiger partial charge in [0.15, 0.2) is 5.79 Å². The van der Waals surface area contributed by atoms with Crippen molar-refractivity contribution in [3.05, 3.63) is 0 Å². The van der Waals surface area contributed by atoms with Crippen LogP contribution in [-0.2, 0) is 23.7 Å². The number of hydrogen-bond donors (Lipinski definition) is 0. The van der Waals surface area contributed by atoms with Gasteiger partial charge in [-0.05, 0) is 51.9 Å². The van der Waals surface area contributed by atoms with E-state index in [1.807, 2.05) is 27.7 Å². The van der Waals surface area contributed by atoms with E-state index < -0.39 is 16.8 Å². The van der Waals surface area contributed by atoms with E-state index in [9.17, 15) is 4.79 Å². The molecule has 0 amide bonds. The summed E-state index contributed by atoms with van der Waals surface area (Å²) in [5.41, 5.74) is -0.926. The Labute approximate surface area is 153 Å². The monoisotopic (exact) mass is 358 g/mol. The molecule has 0 aliphatic carbocycles. The van der Waals surface area contributed by atoms with Gasteiger partial charge in [0.2, 0.25) is 0 Å². The molecule has 0 aromatic carbocycles. The van der Waals surface area contributed by atoms with Crippen LogP contribution in [0.1, 0.15) is 74.1 Å². The first-order chi connectivity index (χ1) is 11.3. The van der Waals surface area contributed by atoms with Gasteiger partial charge in [-0.3, -0.25) is 4.79 Å². The second kappa shape index (κ2) is 7.93. The van der Waals surface area contributed by atoms with Crippen LogP contribution in [0, 0.1) is 10.8 Å². The average molecular weight is 359 g/mol. The third-order valence-corrected chi connectivity index (χ3v) is 5.73. The molecule has 5 nitrogen and oxygen atoms in total. The molecule has 0 saturated carbocycles.